The monoisotopic (exact) mass is 517 g/mol. The first kappa shape index (κ1) is 26.3. The predicted octanol–water partition coefficient (Wildman–Crippen LogP) is 2.50. The molecule has 0 aliphatic rings. The Morgan fingerprint density at radius 2 is 2.03 bits per heavy atom. The van der Waals surface area contributed by atoms with Crippen LogP contribution in [0.3, 0.4) is 0 Å². The number of aromatic hydroxyl groups is 1. The fourth-order valence-corrected chi connectivity index (χ4v) is 4.41. The molecule has 196 valence electrons. The van der Waals surface area contributed by atoms with Crippen molar-refractivity contribution in [1.29, 1.82) is 5.26 Å². The number of nitrogens with one attached hydrogen (secondary N) is 1. The molecule has 0 saturated carbocycles. The van der Waals surface area contributed by atoms with Gasteiger partial charge in [0.05, 0.1) is 36.2 Å². The number of benzene rings is 1. The third-order valence-corrected chi connectivity index (χ3v) is 6.09. The van der Waals surface area contributed by atoms with Crippen molar-refractivity contribution in [3.05, 3.63) is 87.7 Å². The normalized spacial score (nSPS) is 13.1. The summed E-state index contributed by atoms with van der Waals surface area (Å²) in [6, 6.07) is 9.27. The minimum absolute atomic E-state index is 0.205. The van der Waals surface area contributed by atoms with E-state index in [-0.39, 0.29) is 18.1 Å². The molecule has 0 unspecified atom stereocenters. The molecule has 3 heterocycles. The largest absolute Gasteiger partial charge is 0.501 e. The van der Waals surface area contributed by atoms with Crippen molar-refractivity contribution >= 4 is 11.6 Å². The Bertz CT molecular complexity index is 1560. The number of carbonyl (C=O) groups is 1. The zero-order chi connectivity index (χ0) is 27.6. The van der Waals surface area contributed by atoms with Gasteiger partial charge in [-0.2, -0.15) is 10.4 Å². The zero-order valence-electron chi connectivity index (χ0n) is 21.3. The molecule has 0 aliphatic carbocycles. The van der Waals surface area contributed by atoms with Gasteiger partial charge in [-0.3, -0.25) is 18.8 Å². The summed E-state index contributed by atoms with van der Waals surface area (Å²) in [7, 11) is 1.45. The first-order valence-corrected chi connectivity index (χ1v) is 11.7. The third-order valence-electron chi connectivity index (χ3n) is 6.09. The van der Waals surface area contributed by atoms with Crippen molar-refractivity contribution in [1.82, 2.24) is 24.5 Å². The fraction of sp³-hybridized carbons (Fsp3) is 0.308. The van der Waals surface area contributed by atoms with Gasteiger partial charge in [-0.05, 0) is 31.0 Å². The summed E-state index contributed by atoms with van der Waals surface area (Å²) in [5.41, 5.74) is -0.237. The molecule has 0 spiro atoms. The lowest BCUT2D eigenvalue weighted by molar-refractivity contribution is 0.0577. The van der Waals surface area contributed by atoms with Gasteiger partial charge in [0.15, 0.2) is 5.69 Å². The Balaban J connectivity index is 1.84. The average molecular weight is 518 g/mol. The minimum atomic E-state index is -1.01. The summed E-state index contributed by atoms with van der Waals surface area (Å²) in [5.74, 6) is -2.49. The molecule has 1 aromatic carbocycles. The second-order valence-electron chi connectivity index (χ2n) is 9.65. The Morgan fingerprint density at radius 1 is 1.29 bits per heavy atom. The molecule has 2 atom stereocenters. The van der Waals surface area contributed by atoms with E-state index in [9.17, 15) is 25.1 Å². The SMILES string of the molecule is C[C@@H](c1nc(C(=O)Nc2cnoc2)c(O)c(=O)n1C)[C@@H](c1cnn(CC(C)(C)O)c1)c1ccccc1C#N. The van der Waals surface area contributed by atoms with Crippen LogP contribution in [0.25, 0.3) is 0 Å². The number of nitrogens with zero attached hydrogens (tertiary/aromatic N) is 6. The first-order chi connectivity index (χ1) is 18.0. The second kappa shape index (κ2) is 10.3. The van der Waals surface area contributed by atoms with Gasteiger partial charge < -0.3 is 20.1 Å². The van der Waals surface area contributed by atoms with Crippen LogP contribution in [0.2, 0.25) is 0 Å². The van der Waals surface area contributed by atoms with Crippen LogP contribution in [-0.2, 0) is 13.6 Å². The minimum Gasteiger partial charge on any atom is -0.501 e. The third kappa shape index (κ3) is 5.33. The molecule has 12 heteroatoms. The molecule has 0 saturated heterocycles. The molecule has 4 rings (SSSR count). The van der Waals surface area contributed by atoms with Crippen molar-refractivity contribution in [2.24, 2.45) is 7.05 Å². The first-order valence-electron chi connectivity index (χ1n) is 11.7. The second-order valence-corrected chi connectivity index (χ2v) is 9.65. The van der Waals surface area contributed by atoms with E-state index in [2.05, 4.69) is 26.6 Å². The molecule has 0 fully saturated rings. The summed E-state index contributed by atoms with van der Waals surface area (Å²) in [4.78, 5) is 30.3. The number of anilines is 1. The maximum Gasteiger partial charge on any atom is 0.296 e. The van der Waals surface area contributed by atoms with Crippen LogP contribution in [0.4, 0.5) is 5.69 Å². The van der Waals surface area contributed by atoms with Gasteiger partial charge in [0.2, 0.25) is 5.75 Å². The molecule has 0 radical (unpaired) electrons. The van der Waals surface area contributed by atoms with Crippen LogP contribution in [-0.4, -0.2) is 46.2 Å². The lowest BCUT2D eigenvalue weighted by Crippen LogP contribution is -2.29. The summed E-state index contributed by atoms with van der Waals surface area (Å²) >= 11 is 0. The molecule has 0 aliphatic heterocycles. The highest BCUT2D eigenvalue weighted by atomic mass is 16.5. The molecule has 0 bridgehead atoms. The number of hydrogen-bond donors (Lipinski definition) is 3. The van der Waals surface area contributed by atoms with Gasteiger partial charge in [-0.15, -0.1) is 0 Å². The fourth-order valence-electron chi connectivity index (χ4n) is 4.41. The molecule has 3 aromatic heterocycles. The highest BCUT2D eigenvalue weighted by Gasteiger charge is 2.31. The molecular formula is C26H27N7O5. The van der Waals surface area contributed by atoms with E-state index in [4.69, 9.17) is 4.52 Å². The van der Waals surface area contributed by atoms with E-state index in [1.807, 2.05) is 13.0 Å². The summed E-state index contributed by atoms with van der Waals surface area (Å²) < 4.78 is 7.49. The number of amides is 1. The predicted molar refractivity (Wildman–Crippen MR) is 136 cm³/mol. The van der Waals surface area contributed by atoms with Gasteiger partial charge in [-0.25, -0.2) is 4.98 Å². The van der Waals surface area contributed by atoms with Gasteiger partial charge >= 0.3 is 0 Å². The number of nitriles is 1. The topological polar surface area (TPSA) is 172 Å². The number of rotatable bonds is 8. The summed E-state index contributed by atoms with van der Waals surface area (Å²) in [5, 5.41) is 40.9. The zero-order valence-corrected chi connectivity index (χ0v) is 21.3. The summed E-state index contributed by atoms with van der Waals surface area (Å²) in [6.07, 6.45) is 5.86. The average Bonchev–Trinajstić information content (AvgIpc) is 3.54. The number of aliphatic hydroxyl groups is 1. The van der Waals surface area contributed by atoms with Crippen molar-refractivity contribution in [2.75, 3.05) is 5.32 Å². The van der Waals surface area contributed by atoms with Crippen LogP contribution >= 0.6 is 0 Å². The number of aromatic nitrogens is 5. The van der Waals surface area contributed by atoms with Crippen molar-refractivity contribution in [3.8, 4) is 11.8 Å². The molecule has 3 N–H and O–H groups in total. The summed E-state index contributed by atoms with van der Waals surface area (Å²) in [6.45, 7) is 5.38. The lowest BCUT2D eigenvalue weighted by Gasteiger charge is -2.26. The smallest absolute Gasteiger partial charge is 0.296 e. The van der Waals surface area contributed by atoms with Gasteiger partial charge in [0, 0.05) is 25.1 Å². The van der Waals surface area contributed by atoms with E-state index >= 15 is 0 Å². The van der Waals surface area contributed by atoms with Crippen molar-refractivity contribution < 1.29 is 19.5 Å². The van der Waals surface area contributed by atoms with E-state index in [0.717, 1.165) is 0 Å². The van der Waals surface area contributed by atoms with Crippen molar-refractivity contribution in [2.45, 2.75) is 44.8 Å². The molecular weight excluding hydrogens is 490 g/mol. The van der Waals surface area contributed by atoms with Gasteiger partial charge in [0.25, 0.3) is 11.5 Å². The van der Waals surface area contributed by atoms with E-state index in [0.29, 0.717) is 16.7 Å². The van der Waals surface area contributed by atoms with Crippen LogP contribution in [0, 0.1) is 11.3 Å². The molecule has 4 aromatic rings. The molecule has 38 heavy (non-hydrogen) atoms. The number of hydrogen-bond acceptors (Lipinski definition) is 9. The van der Waals surface area contributed by atoms with E-state index in [1.54, 1.807) is 49.1 Å². The van der Waals surface area contributed by atoms with Gasteiger partial charge in [-0.1, -0.05) is 30.3 Å². The highest BCUT2D eigenvalue weighted by molar-refractivity contribution is 6.04. The Kier molecular flexibility index (Phi) is 7.14. The number of carbonyl (C=O) groups excluding carboxylic acids is 1. The Morgan fingerprint density at radius 3 is 2.68 bits per heavy atom. The molecule has 12 nitrogen and oxygen atoms in total. The lowest BCUT2D eigenvalue weighted by atomic mass is 9.80. The maximum absolute atomic E-state index is 13.0. The van der Waals surface area contributed by atoms with Crippen LogP contribution in [0.1, 0.15) is 65.6 Å². The highest BCUT2D eigenvalue weighted by Crippen LogP contribution is 2.39. The van der Waals surface area contributed by atoms with Crippen LogP contribution in [0.5, 0.6) is 5.75 Å². The van der Waals surface area contributed by atoms with Crippen LogP contribution < -0.4 is 10.9 Å². The van der Waals surface area contributed by atoms with E-state index in [1.165, 1.54) is 24.1 Å². The van der Waals surface area contributed by atoms with Crippen LogP contribution in [0.15, 0.2) is 58.4 Å². The van der Waals surface area contributed by atoms with Crippen molar-refractivity contribution in [3.63, 3.8) is 0 Å². The van der Waals surface area contributed by atoms with Gasteiger partial charge in [0.1, 0.15) is 17.8 Å². The maximum atomic E-state index is 13.0. The standard InChI is InChI=1S/C26H27N7O5/c1-15(23-31-21(22(34)25(36)32(23)4)24(35)30-18-11-29-38-13-18)20(19-8-6-5-7-16(19)9-27)17-10-28-33(12-17)14-26(2,3)37/h5-8,10-13,15,20,34,37H,14H2,1-4H3,(H,30,35)/t15-,20+/m1/s1. The Labute approximate surface area is 217 Å². The molecule has 1 amide bonds. The van der Waals surface area contributed by atoms with E-state index < -0.39 is 40.3 Å². The quantitative estimate of drug-likeness (QED) is 0.317. The Hall–Kier alpha value is -4.76.